The van der Waals surface area contributed by atoms with Crippen molar-refractivity contribution in [3.05, 3.63) is 29.0 Å². The zero-order chi connectivity index (χ0) is 8.97. The summed E-state index contributed by atoms with van der Waals surface area (Å²) >= 11 is 5.57. The van der Waals surface area contributed by atoms with Gasteiger partial charge in [-0.2, -0.15) is 5.26 Å². The van der Waals surface area contributed by atoms with E-state index in [0.717, 1.165) is 0 Å². The van der Waals surface area contributed by atoms with Crippen molar-refractivity contribution in [2.24, 2.45) is 0 Å². The van der Waals surface area contributed by atoms with Gasteiger partial charge in [-0.25, -0.2) is 4.98 Å². The Morgan fingerprint density at radius 3 is 3.08 bits per heavy atom. The molecule has 0 radical (unpaired) electrons. The largest absolute Gasteiger partial charge is 0.268 e. The van der Waals surface area contributed by atoms with E-state index in [2.05, 4.69) is 4.98 Å². The van der Waals surface area contributed by atoms with Gasteiger partial charge in [0.25, 0.3) is 5.91 Å². The number of aromatic nitrogens is 1. The summed E-state index contributed by atoms with van der Waals surface area (Å²) in [6, 6.07) is 3.06. The van der Waals surface area contributed by atoms with Crippen LogP contribution in [0.1, 0.15) is 10.4 Å². The summed E-state index contributed by atoms with van der Waals surface area (Å²) in [5, 5.41) is 10.2. The minimum atomic E-state index is -0.546. The van der Waals surface area contributed by atoms with Crippen LogP contribution < -0.4 is 5.32 Å². The average molecular weight is 182 g/mol. The van der Waals surface area contributed by atoms with Gasteiger partial charge >= 0.3 is 0 Å². The van der Waals surface area contributed by atoms with Crippen LogP contribution in [-0.4, -0.2) is 10.9 Å². The first-order valence-corrected chi connectivity index (χ1v) is 3.43. The third-order valence-electron chi connectivity index (χ3n) is 1.17. The number of carbonyl (C=O) groups is 1. The number of nitriles is 1. The van der Waals surface area contributed by atoms with Crippen LogP contribution in [-0.2, 0) is 0 Å². The highest BCUT2D eigenvalue weighted by Crippen LogP contribution is 2.10. The maximum atomic E-state index is 11.0. The van der Waals surface area contributed by atoms with E-state index in [9.17, 15) is 4.79 Å². The maximum absolute atomic E-state index is 11.0. The quantitative estimate of drug-likeness (QED) is 0.399. The molecule has 0 aliphatic heterocycles. The molecule has 0 fully saturated rings. The van der Waals surface area contributed by atoms with E-state index >= 15 is 0 Å². The van der Waals surface area contributed by atoms with Crippen molar-refractivity contribution in [2.75, 3.05) is 0 Å². The maximum Gasteiger partial charge on any atom is 0.267 e. The summed E-state index contributed by atoms with van der Waals surface area (Å²) in [7, 11) is 0. The number of nitrogens with zero attached hydrogens (tertiary/aromatic N) is 2. The highest BCUT2D eigenvalue weighted by Gasteiger charge is 2.08. The number of halogens is 1. The number of hydrogen-bond acceptors (Lipinski definition) is 3. The molecule has 5 heteroatoms. The van der Waals surface area contributed by atoms with Crippen LogP contribution in [0.25, 0.3) is 0 Å². The summed E-state index contributed by atoms with van der Waals surface area (Å²) in [5.41, 5.74) is 0.195. The van der Waals surface area contributed by atoms with Gasteiger partial charge < -0.3 is 0 Å². The summed E-state index contributed by atoms with van der Waals surface area (Å²) in [5.74, 6) is -0.546. The summed E-state index contributed by atoms with van der Waals surface area (Å²) in [6.45, 7) is 0. The van der Waals surface area contributed by atoms with Crippen LogP contribution in [0, 0.1) is 11.5 Å². The normalized spacial score (nSPS) is 8.67. The summed E-state index contributed by atoms with van der Waals surface area (Å²) in [4.78, 5) is 14.7. The van der Waals surface area contributed by atoms with Gasteiger partial charge in [0.05, 0.1) is 5.56 Å². The van der Waals surface area contributed by atoms with E-state index in [4.69, 9.17) is 16.9 Å². The van der Waals surface area contributed by atoms with E-state index in [1.54, 1.807) is 6.07 Å². The van der Waals surface area contributed by atoms with Gasteiger partial charge in [0.1, 0.15) is 5.15 Å². The van der Waals surface area contributed by atoms with Crippen molar-refractivity contribution in [3.8, 4) is 6.19 Å². The zero-order valence-corrected chi connectivity index (χ0v) is 6.67. The Balaban J connectivity index is 2.97. The van der Waals surface area contributed by atoms with Crippen LogP contribution in [0.3, 0.4) is 0 Å². The smallest absolute Gasteiger partial charge is 0.267 e. The molecule has 0 aliphatic rings. The lowest BCUT2D eigenvalue weighted by atomic mass is 10.3. The lowest BCUT2D eigenvalue weighted by molar-refractivity contribution is 0.0972. The molecule has 12 heavy (non-hydrogen) atoms. The van der Waals surface area contributed by atoms with Crippen molar-refractivity contribution in [2.45, 2.75) is 0 Å². The lowest BCUT2D eigenvalue weighted by Gasteiger charge is -1.97. The standard InChI is InChI=1S/C7H4ClN3O/c8-6-5(2-1-3-10-6)7(12)11-4-9/h1-3H,(H,11,12). The van der Waals surface area contributed by atoms with Gasteiger partial charge in [-0.05, 0) is 12.1 Å². The molecular weight excluding hydrogens is 178 g/mol. The first-order chi connectivity index (χ1) is 5.75. The van der Waals surface area contributed by atoms with Gasteiger partial charge in [0.2, 0.25) is 0 Å². The molecule has 0 unspecified atom stereocenters. The molecule has 0 bridgehead atoms. The molecule has 0 spiro atoms. The fraction of sp³-hybridized carbons (Fsp3) is 0. The SMILES string of the molecule is N#CNC(=O)c1cccnc1Cl. The van der Waals surface area contributed by atoms with Gasteiger partial charge in [-0.15, -0.1) is 0 Å². The topological polar surface area (TPSA) is 65.8 Å². The Labute approximate surface area is 73.8 Å². The molecule has 0 aliphatic carbocycles. The number of pyridine rings is 1. The van der Waals surface area contributed by atoms with Crippen molar-refractivity contribution in [1.29, 1.82) is 5.26 Å². The van der Waals surface area contributed by atoms with Crippen LogP contribution in [0.2, 0.25) is 5.15 Å². The molecule has 0 atom stereocenters. The van der Waals surface area contributed by atoms with Gasteiger partial charge in [0, 0.05) is 6.20 Å². The molecule has 0 saturated carbocycles. The predicted molar refractivity (Wildman–Crippen MR) is 42.3 cm³/mol. The fourth-order valence-corrected chi connectivity index (χ4v) is 0.879. The van der Waals surface area contributed by atoms with Crippen molar-refractivity contribution < 1.29 is 4.79 Å². The number of nitrogens with one attached hydrogen (secondary N) is 1. The Bertz CT molecular complexity index is 345. The average Bonchev–Trinajstić information content (AvgIpc) is 2.05. The number of carbonyl (C=O) groups excluding carboxylic acids is 1. The van der Waals surface area contributed by atoms with Crippen LogP contribution in [0.15, 0.2) is 18.3 Å². The molecule has 60 valence electrons. The van der Waals surface area contributed by atoms with E-state index in [0.29, 0.717) is 0 Å². The highest BCUT2D eigenvalue weighted by atomic mass is 35.5. The second-order valence-electron chi connectivity index (χ2n) is 1.91. The van der Waals surface area contributed by atoms with E-state index in [1.807, 2.05) is 5.32 Å². The minimum absolute atomic E-state index is 0.0882. The molecule has 1 amide bonds. The van der Waals surface area contributed by atoms with Crippen molar-refractivity contribution in [3.63, 3.8) is 0 Å². The van der Waals surface area contributed by atoms with E-state index < -0.39 is 5.91 Å². The van der Waals surface area contributed by atoms with Crippen LogP contribution in [0.5, 0.6) is 0 Å². The summed E-state index contributed by atoms with van der Waals surface area (Å²) in [6.07, 6.45) is 2.97. The third kappa shape index (κ3) is 1.71. The van der Waals surface area contributed by atoms with E-state index in [-0.39, 0.29) is 10.7 Å². The molecule has 1 N–H and O–H groups in total. The monoisotopic (exact) mass is 181 g/mol. The Hall–Kier alpha value is -1.60. The first kappa shape index (κ1) is 8.50. The summed E-state index contributed by atoms with van der Waals surface area (Å²) < 4.78 is 0. The van der Waals surface area contributed by atoms with Crippen molar-refractivity contribution >= 4 is 17.5 Å². The molecule has 0 aromatic carbocycles. The Kier molecular flexibility index (Phi) is 2.62. The molecule has 1 rings (SSSR count). The number of hydrogen-bond donors (Lipinski definition) is 1. The minimum Gasteiger partial charge on any atom is -0.268 e. The Morgan fingerprint density at radius 1 is 1.75 bits per heavy atom. The molecule has 1 heterocycles. The third-order valence-corrected chi connectivity index (χ3v) is 1.47. The number of rotatable bonds is 1. The number of amides is 1. The van der Waals surface area contributed by atoms with Gasteiger partial charge in [0.15, 0.2) is 6.19 Å². The van der Waals surface area contributed by atoms with E-state index in [1.165, 1.54) is 18.5 Å². The Morgan fingerprint density at radius 2 is 2.50 bits per heavy atom. The molecule has 4 nitrogen and oxygen atoms in total. The van der Waals surface area contributed by atoms with Crippen LogP contribution in [0.4, 0.5) is 0 Å². The molecule has 1 aromatic heterocycles. The van der Waals surface area contributed by atoms with Gasteiger partial charge in [-0.1, -0.05) is 11.6 Å². The molecule has 0 saturated heterocycles. The lowest BCUT2D eigenvalue weighted by Crippen LogP contribution is -2.17. The second-order valence-corrected chi connectivity index (χ2v) is 2.27. The van der Waals surface area contributed by atoms with Crippen molar-refractivity contribution in [1.82, 2.24) is 10.3 Å². The fourth-order valence-electron chi connectivity index (χ4n) is 0.674. The van der Waals surface area contributed by atoms with Gasteiger partial charge in [-0.3, -0.25) is 10.1 Å². The predicted octanol–water partition coefficient (Wildman–Crippen LogP) is 0.946. The second kappa shape index (κ2) is 3.69. The molecule has 1 aromatic rings. The van der Waals surface area contributed by atoms with Crippen LogP contribution >= 0.6 is 11.6 Å². The molecular formula is C7H4ClN3O. The first-order valence-electron chi connectivity index (χ1n) is 3.05. The highest BCUT2D eigenvalue weighted by molar-refractivity contribution is 6.32. The zero-order valence-electron chi connectivity index (χ0n) is 5.91.